The second-order valence-electron chi connectivity index (χ2n) is 2.53. The Kier molecular flexibility index (Phi) is 4.73. The molecule has 2 N–H and O–H groups in total. The van der Waals surface area contributed by atoms with E-state index >= 15 is 0 Å². The molecule has 0 aliphatic heterocycles. The molecular weight excluding hydrogens is 224 g/mol. The van der Waals surface area contributed by atoms with Crippen molar-refractivity contribution in [3.8, 4) is 17.2 Å². The number of ether oxygens (including phenoxy) is 2. The minimum absolute atomic E-state index is 0. The summed E-state index contributed by atoms with van der Waals surface area (Å²) in [5, 5.41) is 18.2. The number of halogens is 1. The highest BCUT2D eigenvalue weighted by molar-refractivity contribution is 5.89. The zero-order valence-corrected chi connectivity index (χ0v) is 9.00. The van der Waals surface area contributed by atoms with Gasteiger partial charge in [-0.25, -0.2) is 4.79 Å². The number of phenolic OH excluding ortho intramolecular Hbond substituents is 1. The van der Waals surface area contributed by atoms with E-state index in [0.717, 1.165) is 0 Å². The Balaban J connectivity index is 0.00000196. The second-order valence-corrected chi connectivity index (χ2v) is 2.53. The zero-order chi connectivity index (χ0) is 10.7. The summed E-state index contributed by atoms with van der Waals surface area (Å²) in [6.07, 6.45) is 0. The van der Waals surface area contributed by atoms with E-state index in [4.69, 9.17) is 14.6 Å². The molecule has 0 saturated carbocycles. The van der Waals surface area contributed by atoms with Gasteiger partial charge in [-0.05, 0) is 12.1 Å². The van der Waals surface area contributed by atoms with E-state index in [9.17, 15) is 9.90 Å². The lowest BCUT2D eigenvalue weighted by atomic mass is 10.2. The van der Waals surface area contributed by atoms with Crippen molar-refractivity contribution in [3.63, 3.8) is 0 Å². The molecule has 1 aromatic carbocycles. The predicted molar refractivity (Wildman–Crippen MR) is 55.4 cm³/mol. The topological polar surface area (TPSA) is 76.0 Å². The number of phenols is 1. The van der Waals surface area contributed by atoms with Gasteiger partial charge in [-0.15, -0.1) is 12.4 Å². The molecule has 15 heavy (non-hydrogen) atoms. The normalized spacial score (nSPS) is 8.93. The molecule has 6 heteroatoms. The van der Waals surface area contributed by atoms with Crippen LogP contribution in [0.1, 0.15) is 10.4 Å². The maximum atomic E-state index is 10.7. The summed E-state index contributed by atoms with van der Waals surface area (Å²) in [5.41, 5.74) is -0.00324. The van der Waals surface area contributed by atoms with Crippen LogP contribution in [-0.4, -0.2) is 30.4 Å². The van der Waals surface area contributed by atoms with Crippen LogP contribution >= 0.6 is 12.4 Å². The number of carboxylic acid groups (broad SMARTS) is 1. The fourth-order valence-electron chi connectivity index (χ4n) is 1.02. The molecule has 84 valence electrons. The lowest BCUT2D eigenvalue weighted by Gasteiger charge is -2.08. The van der Waals surface area contributed by atoms with Gasteiger partial charge in [0.2, 0.25) is 5.75 Å². The van der Waals surface area contributed by atoms with Gasteiger partial charge in [0.25, 0.3) is 0 Å². The summed E-state index contributed by atoms with van der Waals surface area (Å²) >= 11 is 0. The number of methoxy groups -OCH3 is 2. The van der Waals surface area contributed by atoms with Gasteiger partial charge >= 0.3 is 5.97 Å². The number of rotatable bonds is 3. The number of aromatic hydroxyl groups is 1. The minimum atomic E-state index is -1.11. The predicted octanol–water partition coefficient (Wildman–Crippen LogP) is 1.53. The first-order valence-corrected chi connectivity index (χ1v) is 3.78. The first-order valence-electron chi connectivity index (χ1n) is 3.78. The van der Waals surface area contributed by atoms with E-state index in [-0.39, 0.29) is 35.2 Å². The Bertz CT molecular complexity index is 339. The molecular formula is C9H11ClO5. The van der Waals surface area contributed by atoms with E-state index in [0.29, 0.717) is 0 Å². The van der Waals surface area contributed by atoms with Crippen LogP contribution in [0.2, 0.25) is 0 Å². The molecule has 1 aromatic rings. The first-order chi connectivity index (χ1) is 6.60. The molecule has 0 aliphatic rings. The second kappa shape index (κ2) is 5.31. The van der Waals surface area contributed by atoms with Crippen molar-refractivity contribution in [2.24, 2.45) is 0 Å². The van der Waals surface area contributed by atoms with E-state index in [1.54, 1.807) is 0 Å². The lowest BCUT2D eigenvalue weighted by Crippen LogP contribution is -1.98. The third-order valence-electron chi connectivity index (χ3n) is 1.73. The van der Waals surface area contributed by atoms with Crippen LogP contribution in [0.25, 0.3) is 0 Å². The van der Waals surface area contributed by atoms with Crippen molar-refractivity contribution in [2.75, 3.05) is 14.2 Å². The molecule has 0 radical (unpaired) electrons. The number of benzene rings is 1. The highest BCUT2D eigenvalue weighted by Gasteiger charge is 2.14. The Hall–Kier alpha value is -1.62. The van der Waals surface area contributed by atoms with Gasteiger partial charge in [-0.2, -0.15) is 0 Å². The van der Waals surface area contributed by atoms with E-state index in [2.05, 4.69) is 0 Å². The number of carbonyl (C=O) groups is 1. The average molecular weight is 235 g/mol. The molecule has 0 atom stereocenters. The Morgan fingerprint density at radius 3 is 1.87 bits per heavy atom. The van der Waals surface area contributed by atoms with Crippen LogP contribution in [-0.2, 0) is 0 Å². The van der Waals surface area contributed by atoms with Crippen molar-refractivity contribution in [2.45, 2.75) is 0 Å². The molecule has 0 heterocycles. The quantitative estimate of drug-likeness (QED) is 0.830. The van der Waals surface area contributed by atoms with E-state index in [1.165, 1.54) is 26.4 Å². The van der Waals surface area contributed by atoms with Crippen LogP contribution in [0.15, 0.2) is 12.1 Å². The Labute approximate surface area is 92.7 Å². The first kappa shape index (κ1) is 13.4. The van der Waals surface area contributed by atoms with Crippen molar-refractivity contribution < 1.29 is 24.5 Å². The van der Waals surface area contributed by atoms with Gasteiger partial charge in [0.05, 0.1) is 19.8 Å². The molecule has 0 saturated heterocycles. The molecule has 0 aromatic heterocycles. The van der Waals surface area contributed by atoms with Crippen LogP contribution in [0.5, 0.6) is 17.2 Å². The fraction of sp³-hybridized carbons (Fsp3) is 0.222. The van der Waals surface area contributed by atoms with Gasteiger partial charge in [-0.3, -0.25) is 0 Å². The van der Waals surface area contributed by atoms with Gasteiger partial charge in [0, 0.05) is 0 Å². The smallest absolute Gasteiger partial charge is 0.335 e. The number of aromatic carboxylic acids is 1. The minimum Gasteiger partial charge on any atom is -0.502 e. The number of hydrogen-bond acceptors (Lipinski definition) is 4. The van der Waals surface area contributed by atoms with Gasteiger partial charge in [0.1, 0.15) is 0 Å². The molecule has 0 fully saturated rings. The van der Waals surface area contributed by atoms with Crippen LogP contribution in [0, 0.1) is 0 Å². The molecule has 0 unspecified atom stereocenters. The molecule has 0 amide bonds. The van der Waals surface area contributed by atoms with Crippen LogP contribution in [0.3, 0.4) is 0 Å². The number of hydrogen-bond donors (Lipinski definition) is 2. The fourth-order valence-corrected chi connectivity index (χ4v) is 1.02. The molecule has 0 spiro atoms. The SMILES string of the molecule is COc1cc(C(=O)O)cc(OC)c1O.Cl. The molecule has 0 aliphatic carbocycles. The monoisotopic (exact) mass is 234 g/mol. The van der Waals surface area contributed by atoms with Crippen LogP contribution in [0.4, 0.5) is 0 Å². The van der Waals surface area contributed by atoms with Crippen LogP contribution < -0.4 is 9.47 Å². The highest BCUT2D eigenvalue weighted by Crippen LogP contribution is 2.36. The lowest BCUT2D eigenvalue weighted by molar-refractivity contribution is 0.0696. The molecule has 0 bridgehead atoms. The standard InChI is InChI=1S/C9H10O5.ClH/c1-13-6-3-5(9(11)12)4-7(14-2)8(6)10;/h3-4,10H,1-2H3,(H,11,12);1H. The third kappa shape index (κ3) is 2.66. The van der Waals surface area contributed by atoms with Crippen molar-refractivity contribution in [1.29, 1.82) is 0 Å². The maximum Gasteiger partial charge on any atom is 0.335 e. The summed E-state index contributed by atoms with van der Waals surface area (Å²) in [5.74, 6) is -1.18. The summed E-state index contributed by atoms with van der Waals surface area (Å²) in [7, 11) is 2.67. The van der Waals surface area contributed by atoms with Gasteiger partial charge in [0.15, 0.2) is 11.5 Å². The molecule has 1 rings (SSSR count). The van der Waals surface area contributed by atoms with Crippen molar-refractivity contribution in [3.05, 3.63) is 17.7 Å². The van der Waals surface area contributed by atoms with E-state index in [1.807, 2.05) is 0 Å². The number of carboxylic acids is 1. The highest BCUT2D eigenvalue weighted by atomic mass is 35.5. The summed E-state index contributed by atoms with van der Waals surface area (Å²) in [6, 6.07) is 2.44. The summed E-state index contributed by atoms with van der Waals surface area (Å²) < 4.78 is 9.57. The maximum absolute atomic E-state index is 10.7. The summed E-state index contributed by atoms with van der Waals surface area (Å²) in [4.78, 5) is 10.7. The average Bonchev–Trinajstić information content (AvgIpc) is 2.17. The van der Waals surface area contributed by atoms with E-state index < -0.39 is 5.97 Å². The Morgan fingerprint density at radius 1 is 1.20 bits per heavy atom. The third-order valence-corrected chi connectivity index (χ3v) is 1.73. The largest absolute Gasteiger partial charge is 0.502 e. The van der Waals surface area contributed by atoms with Crippen molar-refractivity contribution >= 4 is 18.4 Å². The zero-order valence-electron chi connectivity index (χ0n) is 8.18. The van der Waals surface area contributed by atoms with Crippen molar-refractivity contribution in [1.82, 2.24) is 0 Å². The summed E-state index contributed by atoms with van der Waals surface area (Å²) in [6.45, 7) is 0. The van der Waals surface area contributed by atoms with Gasteiger partial charge in [-0.1, -0.05) is 0 Å². The Morgan fingerprint density at radius 2 is 1.60 bits per heavy atom. The van der Waals surface area contributed by atoms with Gasteiger partial charge < -0.3 is 19.7 Å². The molecule has 5 nitrogen and oxygen atoms in total.